The molecule has 0 N–H and O–H groups in total. The van der Waals surface area contributed by atoms with E-state index in [0.29, 0.717) is 0 Å². The van der Waals surface area contributed by atoms with Crippen LogP contribution in [0.25, 0.3) is 0 Å². The molecule has 0 heterocycles. The van der Waals surface area contributed by atoms with Gasteiger partial charge in [0.2, 0.25) is 0 Å². The van der Waals surface area contributed by atoms with E-state index in [9.17, 15) is 0 Å². The Bertz CT molecular complexity index is 650. The molecular formula is C27H38OP+. The van der Waals surface area contributed by atoms with Gasteiger partial charge in [-0.15, -0.1) is 6.58 Å². The quantitative estimate of drug-likeness (QED) is 0.268. The van der Waals surface area contributed by atoms with E-state index < -0.39 is 7.26 Å². The van der Waals surface area contributed by atoms with E-state index >= 15 is 0 Å². The van der Waals surface area contributed by atoms with Gasteiger partial charge in [-0.2, -0.15) is 0 Å². The second-order valence-electron chi connectivity index (χ2n) is 5.66. The molecule has 0 spiro atoms. The van der Waals surface area contributed by atoms with Gasteiger partial charge in [-0.05, 0) is 50.2 Å². The lowest BCUT2D eigenvalue weighted by Gasteiger charge is -2.22. The molecule has 0 saturated carbocycles. The first-order valence-corrected chi connectivity index (χ1v) is 11.9. The molecule has 0 saturated heterocycles. The smallest absolute Gasteiger partial charge is 0.116 e. The van der Waals surface area contributed by atoms with Crippen molar-refractivity contribution >= 4 is 29.5 Å². The molecule has 0 aliphatic rings. The molecule has 0 aromatic heterocycles. The highest BCUT2D eigenvalue weighted by molar-refractivity contribution is 7.95. The van der Waals surface area contributed by atoms with Crippen molar-refractivity contribution in [2.75, 3.05) is 6.66 Å². The molecule has 0 fully saturated rings. The van der Waals surface area contributed by atoms with Gasteiger partial charge in [-0.25, -0.2) is 0 Å². The van der Waals surface area contributed by atoms with Crippen molar-refractivity contribution in [1.29, 1.82) is 0 Å². The summed E-state index contributed by atoms with van der Waals surface area (Å²) in [5.74, 6) is 0. The predicted octanol–water partition coefficient (Wildman–Crippen LogP) is 6.67. The SMILES string of the molecule is C.C=CC.CC.CC=O.C[P+](c1ccccc1)(c1ccccc1)c1ccccc1. The highest BCUT2D eigenvalue weighted by Crippen LogP contribution is 2.51. The molecule has 0 bridgehead atoms. The second kappa shape index (κ2) is 17.6. The average molecular weight is 410 g/mol. The lowest BCUT2D eigenvalue weighted by atomic mass is 10.4. The lowest BCUT2D eigenvalue weighted by Crippen LogP contribution is -2.30. The Balaban J connectivity index is 0. The zero-order chi connectivity index (χ0) is 21.3. The lowest BCUT2D eigenvalue weighted by molar-refractivity contribution is -0.106. The van der Waals surface area contributed by atoms with Gasteiger partial charge in [0, 0.05) is 0 Å². The first kappa shape index (κ1) is 28.7. The molecule has 156 valence electrons. The minimum Gasteiger partial charge on any atom is -0.304 e. The van der Waals surface area contributed by atoms with Gasteiger partial charge in [0.15, 0.2) is 0 Å². The summed E-state index contributed by atoms with van der Waals surface area (Å²) in [5.41, 5.74) is 0. The van der Waals surface area contributed by atoms with Crippen LogP contribution < -0.4 is 15.9 Å². The molecule has 3 rings (SSSR count). The highest BCUT2D eigenvalue weighted by atomic mass is 31.2. The van der Waals surface area contributed by atoms with Crippen molar-refractivity contribution < 1.29 is 4.79 Å². The Morgan fingerprint density at radius 2 is 0.828 bits per heavy atom. The number of rotatable bonds is 3. The van der Waals surface area contributed by atoms with Crippen molar-refractivity contribution in [2.24, 2.45) is 0 Å². The molecule has 0 unspecified atom stereocenters. The summed E-state index contributed by atoms with van der Waals surface area (Å²) >= 11 is 0. The van der Waals surface area contributed by atoms with Crippen LogP contribution in [0.1, 0.15) is 35.1 Å². The minimum absolute atomic E-state index is 0. The Morgan fingerprint density at radius 3 is 1.00 bits per heavy atom. The number of benzene rings is 3. The van der Waals surface area contributed by atoms with E-state index in [1.807, 2.05) is 20.8 Å². The molecule has 0 aliphatic carbocycles. The van der Waals surface area contributed by atoms with Gasteiger partial charge < -0.3 is 4.79 Å². The highest BCUT2D eigenvalue weighted by Gasteiger charge is 2.39. The van der Waals surface area contributed by atoms with Gasteiger partial charge in [-0.1, -0.05) is 81.9 Å². The summed E-state index contributed by atoms with van der Waals surface area (Å²) in [6, 6.07) is 32.6. The summed E-state index contributed by atoms with van der Waals surface area (Å²) in [6.07, 6.45) is 2.50. The van der Waals surface area contributed by atoms with Crippen LogP contribution in [0.2, 0.25) is 0 Å². The third-order valence-corrected chi connectivity index (χ3v) is 7.81. The molecule has 2 heteroatoms. The van der Waals surface area contributed by atoms with Crippen molar-refractivity contribution in [3.05, 3.63) is 104 Å². The maximum atomic E-state index is 8.81. The summed E-state index contributed by atoms with van der Waals surface area (Å²) < 4.78 is 0. The zero-order valence-electron chi connectivity index (χ0n) is 17.9. The molecule has 3 aromatic carbocycles. The summed E-state index contributed by atoms with van der Waals surface area (Å²) in [7, 11) is -1.53. The fraction of sp³-hybridized carbons (Fsp3) is 0.222. The molecular weight excluding hydrogens is 371 g/mol. The first-order valence-electron chi connectivity index (χ1n) is 9.65. The van der Waals surface area contributed by atoms with Gasteiger partial charge in [0.25, 0.3) is 0 Å². The Hall–Kier alpha value is -2.50. The maximum absolute atomic E-state index is 8.81. The largest absolute Gasteiger partial charge is 0.304 e. The van der Waals surface area contributed by atoms with Crippen molar-refractivity contribution in [3.8, 4) is 0 Å². The summed E-state index contributed by atoms with van der Waals surface area (Å²) in [4.78, 5) is 8.81. The van der Waals surface area contributed by atoms with Crippen LogP contribution in [0.4, 0.5) is 0 Å². The molecule has 0 radical (unpaired) electrons. The van der Waals surface area contributed by atoms with Crippen LogP contribution in [0.15, 0.2) is 104 Å². The molecule has 0 amide bonds. The number of hydrogen-bond acceptors (Lipinski definition) is 1. The minimum atomic E-state index is -1.53. The Labute approximate surface area is 179 Å². The average Bonchev–Trinajstić information content (AvgIpc) is 2.77. The van der Waals surface area contributed by atoms with Crippen molar-refractivity contribution in [1.82, 2.24) is 0 Å². The van der Waals surface area contributed by atoms with Crippen LogP contribution >= 0.6 is 7.26 Å². The third-order valence-electron chi connectivity index (χ3n) is 3.82. The summed E-state index contributed by atoms with van der Waals surface area (Å²) in [6.45, 7) is 13.1. The van der Waals surface area contributed by atoms with Gasteiger partial charge in [-0.3, -0.25) is 0 Å². The predicted molar refractivity (Wildman–Crippen MR) is 137 cm³/mol. The normalized spacial score (nSPS) is 8.86. The number of hydrogen-bond donors (Lipinski definition) is 0. The number of aldehydes is 1. The maximum Gasteiger partial charge on any atom is 0.116 e. The number of carbonyl (C=O) groups is 1. The van der Waals surface area contributed by atoms with Gasteiger partial charge in [0.05, 0.1) is 6.66 Å². The van der Waals surface area contributed by atoms with Crippen LogP contribution in [-0.4, -0.2) is 13.0 Å². The van der Waals surface area contributed by atoms with E-state index in [1.54, 1.807) is 6.08 Å². The van der Waals surface area contributed by atoms with Crippen LogP contribution in [0.5, 0.6) is 0 Å². The van der Waals surface area contributed by atoms with Crippen molar-refractivity contribution in [3.63, 3.8) is 0 Å². The van der Waals surface area contributed by atoms with E-state index in [2.05, 4.69) is 104 Å². The van der Waals surface area contributed by atoms with E-state index in [1.165, 1.54) is 22.8 Å². The topological polar surface area (TPSA) is 17.1 Å². The van der Waals surface area contributed by atoms with Gasteiger partial charge in [0.1, 0.15) is 29.5 Å². The van der Waals surface area contributed by atoms with Crippen LogP contribution in [-0.2, 0) is 4.79 Å². The van der Waals surface area contributed by atoms with E-state index in [-0.39, 0.29) is 7.43 Å². The fourth-order valence-electron chi connectivity index (χ4n) is 2.63. The van der Waals surface area contributed by atoms with Gasteiger partial charge >= 0.3 is 0 Å². The third kappa shape index (κ3) is 9.03. The Morgan fingerprint density at radius 1 is 0.655 bits per heavy atom. The monoisotopic (exact) mass is 409 g/mol. The molecule has 1 nitrogen and oxygen atoms in total. The standard InChI is InChI=1S/C19H18P.C3H6.C2H4O.C2H6.CH4/c1-20(17-11-5-2-6-12-17,18-13-7-3-8-14-18)19-15-9-4-10-16-19;1-3-2;1-2-3;1-2;/h2-16H,1H3;3H,1H2,2H3;2H,1H3;1-2H3;1H4/q+1;;;;. The fourth-order valence-corrected chi connectivity index (χ4v) is 5.83. The van der Waals surface area contributed by atoms with E-state index in [0.717, 1.165) is 6.29 Å². The number of carbonyl (C=O) groups excluding carboxylic acids is 1. The number of allylic oxidation sites excluding steroid dienone is 1. The van der Waals surface area contributed by atoms with Crippen LogP contribution in [0, 0.1) is 0 Å². The first-order chi connectivity index (χ1) is 13.6. The summed E-state index contributed by atoms with van der Waals surface area (Å²) in [5, 5.41) is 4.28. The Kier molecular flexibility index (Phi) is 17.4. The van der Waals surface area contributed by atoms with Crippen LogP contribution in [0.3, 0.4) is 0 Å². The molecule has 0 aliphatic heterocycles. The molecule has 3 aromatic rings. The zero-order valence-corrected chi connectivity index (χ0v) is 18.8. The van der Waals surface area contributed by atoms with Crippen molar-refractivity contribution in [2.45, 2.75) is 35.1 Å². The molecule has 29 heavy (non-hydrogen) atoms. The van der Waals surface area contributed by atoms with E-state index in [4.69, 9.17) is 4.79 Å². The second-order valence-corrected chi connectivity index (χ2v) is 9.22. The molecule has 0 atom stereocenters.